The van der Waals surface area contributed by atoms with Gasteiger partial charge in [0.2, 0.25) is 15.9 Å². The van der Waals surface area contributed by atoms with Crippen LogP contribution in [0, 0.1) is 0 Å². The number of carbonyl (C=O) groups is 1. The Morgan fingerprint density at radius 1 is 1.12 bits per heavy atom. The van der Waals surface area contributed by atoms with Crippen molar-refractivity contribution in [1.82, 2.24) is 4.90 Å². The number of benzene rings is 1. The molecule has 1 aromatic rings. The highest BCUT2D eigenvalue weighted by atomic mass is 32.2. The van der Waals surface area contributed by atoms with Crippen molar-refractivity contribution < 1.29 is 17.9 Å². The smallest absolute Gasteiger partial charge is 0.243 e. The summed E-state index contributed by atoms with van der Waals surface area (Å²) in [7, 11) is -3.55. The molecule has 0 aliphatic carbocycles. The molecule has 0 spiro atoms. The molecule has 1 aromatic carbocycles. The summed E-state index contributed by atoms with van der Waals surface area (Å²) in [5.41, 5.74) is 0.481. The van der Waals surface area contributed by atoms with Gasteiger partial charge in [0.15, 0.2) is 0 Å². The van der Waals surface area contributed by atoms with Gasteiger partial charge >= 0.3 is 0 Å². The molecule has 1 heterocycles. The van der Waals surface area contributed by atoms with E-state index in [-0.39, 0.29) is 12.5 Å². The molecular formula is C18H28N2O4S. The zero-order chi connectivity index (χ0) is 18.3. The number of sulfonamides is 1. The number of hydrogen-bond donors (Lipinski definition) is 0. The van der Waals surface area contributed by atoms with Crippen LogP contribution in [0.1, 0.15) is 39.0 Å². The Balaban J connectivity index is 2.12. The Kier molecular flexibility index (Phi) is 7.11. The fourth-order valence-corrected chi connectivity index (χ4v) is 3.72. The van der Waals surface area contributed by atoms with Gasteiger partial charge in [0, 0.05) is 13.1 Å². The lowest BCUT2D eigenvalue weighted by Gasteiger charge is -2.26. The fraction of sp³-hybridized carbons (Fsp3) is 0.611. The zero-order valence-electron chi connectivity index (χ0n) is 15.1. The minimum Gasteiger partial charge on any atom is -0.494 e. The summed E-state index contributed by atoms with van der Waals surface area (Å²) in [6.07, 6.45) is 6.24. The summed E-state index contributed by atoms with van der Waals surface area (Å²) in [6.45, 7) is 3.89. The maximum absolute atomic E-state index is 12.6. The molecule has 0 atom stereocenters. The van der Waals surface area contributed by atoms with Crippen LogP contribution in [0.15, 0.2) is 24.3 Å². The predicted octanol–water partition coefficient (Wildman–Crippen LogP) is 2.64. The second kappa shape index (κ2) is 9.08. The van der Waals surface area contributed by atoms with Crippen LogP contribution in [0.5, 0.6) is 5.75 Å². The highest BCUT2D eigenvalue weighted by Crippen LogP contribution is 2.22. The van der Waals surface area contributed by atoms with E-state index in [1.54, 1.807) is 29.2 Å². The SMILES string of the molecule is CCCOc1ccc(N(CC(=O)N2CCCCCC2)S(C)(=O)=O)cc1. The van der Waals surface area contributed by atoms with Gasteiger partial charge in [-0.2, -0.15) is 0 Å². The maximum Gasteiger partial charge on any atom is 0.243 e. The molecule has 1 aliphatic rings. The van der Waals surface area contributed by atoms with E-state index in [1.165, 1.54) is 4.31 Å². The summed E-state index contributed by atoms with van der Waals surface area (Å²) in [5.74, 6) is 0.552. The van der Waals surface area contributed by atoms with Crippen LogP contribution in [0.3, 0.4) is 0 Å². The van der Waals surface area contributed by atoms with Gasteiger partial charge < -0.3 is 9.64 Å². The van der Waals surface area contributed by atoms with Gasteiger partial charge in [-0.15, -0.1) is 0 Å². The number of ether oxygens (including phenoxy) is 1. The topological polar surface area (TPSA) is 66.9 Å². The molecule has 140 valence electrons. The molecule has 1 amide bonds. The standard InChI is InChI=1S/C18H28N2O4S/c1-3-14-24-17-10-8-16(9-11-17)20(25(2,22)23)15-18(21)19-12-6-4-5-7-13-19/h8-11H,3-7,12-15H2,1-2H3. The van der Waals surface area contributed by atoms with E-state index in [1.807, 2.05) is 6.92 Å². The van der Waals surface area contributed by atoms with Gasteiger partial charge in [0.05, 0.1) is 18.6 Å². The number of amides is 1. The van der Waals surface area contributed by atoms with Crippen LogP contribution in [0.2, 0.25) is 0 Å². The Bertz CT molecular complexity index is 650. The summed E-state index contributed by atoms with van der Waals surface area (Å²) in [5, 5.41) is 0. The third kappa shape index (κ3) is 5.92. The molecular weight excluding hydrogens is 340 g/mol. The highest BCUT2D eigenvalue weighted by Gasteiger charge is 2.24. The first-order valence-electron chi connectivity index (χ1n) is 8.90. The molecule has 6 nitrogen and oxygen atoms in total. The summed E-state index contributed by atoms with van der Waals surface area (Å²) < 4.78 is 31.1. The van der Waals surface area contributed by atoms with Crippen LogP contribution in [0.4, 0.5) is 5.69 Å². The first kappa shape index (κ1) is 19.6. The van der Waals surface area contributed by atoms with Crippen LogP contribution in [-0.4, -0.2) is 51.7 Å². The summed E-state index contributed by atoms with van der Waals surface area (Å²) in [4.78, 5) is 14.4. The third-order valence-corrected chi connectivity index (χ3v) is 5.38. The van der Waals surface area contributed by atoms with Crippen LogP contribution >= 0.6 is 0 Å². The quantitative estimate of drug-likeness (QED) is 0.742. The van der Waals surface area contributed by atoms with Crippen LogP contribution in [0.25, 0.3) is 0 Å². The maximum atomic E-state index is 12.6. The number of carbonyl (C=O) groups excluding carboxylic acids is 1. The van der Waals surface area contributed by atoms with Crippen molar-refractivity contribution >= 4 is 21.6 Å². The van der Waals surface area contributed by atoms with Crippen molar-refractivity contribution in [2.45, 2.75) is 39.0 Å². The second-order valence-electron chi connectivity index (χ2n) is 6.41. The van der Waals surface area contributed by atoms with Gasteiger partial charge in [-0.3, -0.25) is 9.10 Å². The number of rotatable bonds is 7. The number of likely N-dealkylation sites (tertiary alicyclic amines) is 1. The Morgan fingerprint density at radius 3 is 2.24 bits per heavy atom. The Hall–Kier alpha value is -1.76. The lowest BCUT2D eigenvalue weighted by molar-refractivity contribution is -0.129. The van der Waals surface area contributed by atoms with Gasteiger partial charge in [-0.25, -0.2) is 8.42 Å². The molecule has 0 radical (unpaired) electrons. The van der Waals surface area contributed by atoms with Crippen molar-refractivity contribution in [2.75, 3.05) is 36.8 Å². The van der Waals surface area contributed by atoms with Gasteiger partial charge in [0.1, 0.15) is 12.3 Å². The average molecular weight is 368 g/mol. The van der Waals surface area contributed by atoms with E-state index in [2.05, 4.69) is 0 Å². The lowest BCUT2D eigenvalue weighted by atomic mass is 10.2. The largest absolute Gasteiger partial charge is 0.494 e. The molecule has 0 unspecified atom stereocenters. The molecule has 1 fully saturated rings. The fourth-order valence-electron chi connectivity index (χ4n) is 2.87. The van der Waals surface area contributed by atoms with E-state index >= 15 is 0 Å². The Morgan fingerprint density at radius 2 is 1.72 bits per heavy atom. The average Bonchev–Trinajstić information content (AvgIpc) is 2.86. The predicted molar refractivity (Wildman–Crippen MR) is 99.5 cm³/mol. The summed E-state index contributed by atoms with van der Waals surface area (Å²) in [6, 6.07) is 6.84. The molecule has 0 saturated carbocycles. The molecule has 0 N–H and O–H groups in total. The van der Waals surface area contributed by atoms with E-state index < -0.39 is 10.0 Å². The van der Waals surface area contributed by atoms with Crippen LogP contribution in [-0.2, 0) is 14.8 Å². The van der Waals surface area contributed by atoms with Gasteiger partial charge in [-0.05, 0) is 43.5 Å². The van der Waals surface area contributed by atoms with Gasteiger partial charge in [-0.1, -0.05) is 19.8 Å². The van der Waals surface area contributed by atoms with Crippen LogP contribution < -0.4 is 9.04 Å². The minimum atomic E-state index is -3.55. The molecule has 0 aromatic heterocycles. The lowest BCUT2D eigenvalue weighted by Crippen LogP contribution is -2.43. The van der Waals surface area contributed by atoms with Crippen molar-refractivity contribution in [3.63, 3.8) is 0 Å². The third-order valence-electron chi connectivity index (χ3n) is 4.24. The number of hydrogen-bond acceptors (Lipinski definition) is 4. The number of nitrogens with zero attached hydrogens (tertiary/aromatic N) is 2. The Labute approximate surface area is 150 Å². The van der Waals surface area contributed by atoms with Gasteiger partial charge in [0.25, 0.3) is 0 Å². The molecule has 25 heavy (non-hydrogen) atoms. The molecule has 0 bridgehead atoms. The van der Waals surface area contributed by atoms with E-state index in [0.29, 0.717) is 31.1 Å². The van der Waals surface area contributed by atoms with Crippen molar-refractivity contribution in [1.29, 1.82) is 0 Å². The normalized spacial score (nSPS) is 15.5. The van der Waals surface area contributed by atoms with E-state index in [4.69, 9.17) is 4.74 Å². The van der Waals surface area contributed by atoms with Crippen molar-refractivity contribution in [3.05, 3.63) is 24.3 Å². The zero-order valence-corrected chi connectivity index (χ0v) is 15.9. The second-order valence-corrected chi connectivity index (χ2v) is 8.31. The van der Waals surface area contributed by atoms with Crippen molar-refractivity contribution in [2.24, 2.45) is 0 Å². The van der Waals surface area contributed by atoms with E-state index in [9.17, 15) is 13.2 Å². The van der Waals surface area contributed by atoms with Crippen molar-refractivity contribution in [3.8, 4) is 5.75 Å². The highest BCUT2D eigenvalue weighted by molar-refractivity contribution is 7.92. The number of anilines is 1. The first-order valence-corrected chi connectivity index (χ1v) is 10.7. The monoisotopic (exact) mass is 368 g/mol. The van der Waals surface area contributed by atoms with E-state index in [0.717, 1.165) is 38.4 Å². The molecule has 2 rings (SSSR count). The summed E-state index contributed by atoms with van der Waals surface area (Å²) >= 11 is 0. The minimum absolute atomic E-state index is 0.140. The first-order chi connectivity index (χ1) is 11.9. The molecule has 1 aliphatic heterocycles. The molecule has 1 saturated heterocycles. The molecule has 7 heteroatoms.